The summed E-state index contributed by atoms with van der Waals surface area (Å²) < 4.78 is 27.5. The molecular weight excluding hydrogens is 392 g/mol. The van der Waals surface area contributed by atoms with Crippen molar-refractivity contribution in [2.45, 2.75) is 32.1 Å². The molecule has 0 radical (unpaired) electrons. The highest BCUT2D eigenvalue weighted by molar-refractivity contribution is 7.89. The Morgan fingerprint density at radius 3 is 2.46 bits per heavy atom. The van der Waals surface area contributed by atoms with Gasteiger partial charge in [-0.3, -0.25) is 0 Å². The summed E-state index contributed by atoms with van der Waals surface area (Å²) in [5.74, 6) is 0.729. The van der Waals surface area contributed by atoms with Crippen LogP contribution in [0.25, 0.3) is 5.57 Å². The van der Waals surface area contributed by atoms with Crippen molar-refractivity contribution in [2.75, 3.05) is 18.4 Å². The number of piperidine rings is 1. The molecule has 1 aliphatic heterocycles. The van der Waals surface area contributed by atoms with Gasteiger partial charge in [0.2, 0.25) is 10.0 Å². The molecule has 0 unspecified atom stereocenters. The van der Waals surface area contributed by atoms with E-state index in [-0.39, 0.29) is 0 Å². The van der Waals surface area contributed by atoms with Crippen LogP contribution in [0.3, 0.4) is 0 Å². The Balaban J connectivity index is 1.74. The minimum atomic E-state index is -3.49. The zero-order valence-corrected chi connectivity index (χ0v) is 17.8. The summed E-state index contributed by atoms with van der Waals surface area (Å²) in [4.78, 5) is 4.60. The number of sulfonamides is 1. The maximum atomic E-state index is 12.9. The monoisotopic (exact) mass is 416 g/mol. The summed E-state index contributed by atoms with van der Waals surface area (Å²) in [6, 6.07) is 8.77. The minimum Gasteiger partial charge on any atom is -0.360 e. The first-order chi connectivity index (χ1) is 13.3. The number of hydrogen-bond acceptors (Lipinski definition) is 6. The van der Waals surface area contributed by atoms with Gasteiger partial charge in [0.1, 0.15) is 16.6 Å². The van der Waals surface area contributed by atoms with Crippen LogP contribution in [-0.2, 0) is 10.0 Å². The van der Waals surface area contributed by atoms with E-state index in [1.165, 1.54) is 11.3 Å². The van der Waals surface area contributed by atoms with Gasteiger partial charge in [-0.05, 0) is 49.4 Å². The fraction of sp³-hybridized carbons (Fsp3) is 0.400. The Morgan fingerprint density at radius 2 is 1.93 bits per heavy atom. The first-order valence-electron chi connectivity index (χ1n) is 9.19. The van der Waals surface area contributed by atoms with Gasteiger partial charge in [-0.2, -0.15) is 9.57 Å². The number of benzene rings is 1. The lowest BCUT2D eigenvalue weighted by molar-refractivity contribution is 0.222. The lowest BCUT2D eigenvalue weighted by atomic mass is 9.94. The smallest absolute Gasteiger partial charge is 0.243 e. The SMILES string of the molecule is Cc1csc(/C(C#N)=C/Nc2ccc(S(=O)(=O)N3C[C@H](C)C[C@@H](C)C3)cc2)n1. The Morgan fingerprint density at radius 1 is 1.29 bits per heavy atom. The molecular formula is C20H24N4O2S2. The van der Waals surface area contributed by atoms with Crippen LogP contribution >= 0.6 is 11.3 Å². The summed E-state index contributed by atoms with van der Waals surface area (Å²) in [5.41, 5.74) is 2.02. The van der Waals surface area contributed by atoms with E-state index in [1.807, 2.05) is 12.3 Å². The summed E-state index contributed by atoms with van der Waals surface area (Å²) >= 11 is 1.41. The summed E-state index contributed by atoms with van der Waals surface area (Å²) in [5, 5.41) is 14.9. The van der Waals surface area contributed by atoms with Crippen molar-refractivity contribution in [3.63, 3.8) is 0 Å². The molecule has 0 aliphatic carbocycles. The van der Waals surface area contributed by atoms with E-state index in [1.54, 1.807) is 34.8 Å². The third-order valence-corrected chi connectivity index (χ3v) is 7.52. The van der Waals surface area contributed by atoms with Crippen molar-refractivity contribution < 1.29 is 8.42 Å². The van der Waals surface area contributed by atoms with Gasteiger partial charge in [0.25, 0.3) is 0 Å². The standard InChI is InChI=1S/C20H24N4O2S2/c1-14-8-15(2)12-24(11-14)28(25,26)19-6-4-18(5-7-19)22-10-17(9-21)20-23-16(3)13-27-20/h4-7,10,13-15,22H,8,11-12H2,1-3H3/b17-10+/t14-,15-/m1/s1. The largest absolute Gasteiger partial charge is 0.360 e. The summed E-state index contributed by atoms with van der Waals surface area (Å²) in [7, 11) is -3.49. The molecule has 1 fully saturated rings. The highest BCUT2D eigenvalue weighted by Crippen LogP contribution is 2.27. The van der Waals surface area contributed by atoms with Gasteiger partial charge < -0.3 is 5.32 Å². The van der Waals surface area contributed by atoms with Crippen molar-refractivity contribution in [1.82, 2.24) is 9.29 Å². The van der Waals surface area contributed by atoms with Crippen LogP contribution in [0.4, 0.5) is 5.69 Å². The first kappa shape index (κ1) is 20.5. The molecule has 1 aromatic heterocycles. The molecule has 2 aromatic rings. The Labute approximate surface area is 170 Å². The molecule has 2 heterocycles. The van der Waals surface area contributed by atoms with E-state index in [0.29, 0.717) is 46.1 Å². The Hall–Kier alpha value is -2.21. The predicted molar refractivity (Wildman–Crippen MR) is 112 cm³/mol. The van der Waals surface area contributed by atoms with Gasteiger partial charge in [-0.15, -0.1) is 11.3 Å². The van der Waals surface area contributed by atoms with E-state index in [2.05, 4.69) is 30.2 Å². The predicted octanol–water partition coefficient (Wildman–Crippen LogP) is 4.09. The second kappa shape index (κ2) is 8.43. The van der Waals surface area contributed by atoms with Crippen molar-refractivity contribution in [3.8, 4) is 6.07 Å². The van der Waals surface area contributed by atoms with Gasteiger partial charge in [0, 0.05) is 36.1 Å². The molecule has 3 rings (SSSR count). The molecule has 6 nitrogen and oxygen atoms in total. The van der Waals surface area contributed by atoms with Crippen LogP contribution < -0.4 is 5.32 Å². The second-order valence-corrected chi connectivity index (χ2v) is 10.2. The van der Waals surface area contributed by atoms with Gasteiger partial charge in [0.15, 0.2) is 0 Å². The number of rotatable bonds is 5. The number of anilines is 1. The molecule has 1 N–H and O–H groups in total. The van der Waals surface area contributed by atoms with Crippen molar-refractivity contribution in [2.24, 2.45) is 11.8 Å². The lowest BCUT2D eigenvalue weighted by Gasteiger charge is -2.34. The van der Waals surface area contributed by atoms with Gasteiger partial charge >= 0.3 is 0 Å². The molecule has 0 saturated carbocycles. The van der Waals surface area contributed by atoms with E-state index < -0.39 is 10.0 Å². The summed E-state index contributed by atoms with van der Waals surface area (Å²) in [6.45, 7) is 7.19. The topological polar surface area (TPSA) is 86.1 Å². The van der Waals surface area contributed by atoms with Crippen molar-refractivity contribution >= 4 is 32.6 Å². The number of thiazole rings is 1. The van der Waals surface area contributed by atoms with Crippen LogP contribution in [0.15, 0.2) is 40.7 Å². The van der Waals surface area contributed by atoms with Crippen LogP contribution in [0.1, 0.15) is 31.0 Å². The molecule has 0 spiro atoms. The fourth-order valence-corrected chi connectivity index (χ4v) is 5.89. The molecule has 1 aliphatic rings. The zero-order chi connectivity index (χ0) is 20.3. The molecule has 8 heteroatoms. The second-order valence-electron chi connectivity index (χ2n) is 7.40. The van der Waals surface area contributed by atoms with Crippen molar-refractivity contribution in [3.05, 3.63) is 46.5 Å². The highest BCUT2D eigenvalue weighted by atomic mass is 32.2. The van der Waals surface area contributed by atoms with E-state index >= 15 is 0 Å². The van der Waals surface area contributed by atoms with E-state index in [9.17, 15) is 13.7 Å². The van der Waals surface area contributed by atoms with Crippen molar-refractivity contribution in [1.29, 1.82) is 5.26 Å². The number of nitrogens with one attached hydrogen (secondary N) is 1. The molecule has 148 valence electrons. The number of nitrogens with zero attached hydrogens (tertiary/aromatic N) is 3. The number of aryl methyl sites for hydroxylation is 1. The van der Waals surface area contributed by atoms with Crippen LogP contribution in [-0.4, -0.2) is 30.8 Å². The number of hydrogen-bond donors (Lipinski definition) is 1. The number of allylic oxidation sites excluding steroid dienone is 1. The third kappa shape index (κ3) is 4.61. The molecule has 1 saturated heterocycles. The van der Waals surface area contributed by atoms with Gasteiger partial charge in [-0.25, -0.2) is 13.4 Å². The maximum Gasteiger partial charge on any atom is 0.243 e. The normalized spacial score (nSPS) is 21.3. The average Bonchev–Trinajstić information content (AvgIpc) is 3.08. The van der Waals surface area contributed by atoms with Crippen LogP contribution in [0.2, 0.25) is 0 Å². The van der Waals surface area contributed by atoms with E-state index in [0.717, 1.165) is 12.1 Å². The molecule has 2 atom stereocenters. The van der Waals surface area contributed by atoms with Gasteiger partial charge in [0.05, 0.1) is 4.90 Å². The lowest BCUT2D eigenvalue weighted by Crippen LogP contribution is -2.42. The van der Waals surface area contributed by atoms with Crippen LogP contribution in [0.5, 0.6) is 0 Å². The van der Waals surface area contributed by atoms with Crippen LogP contribution in [0, 0.1) is 30.1 Å². The third-order valence-electron chi connectivity index (χ3n) is 4.68. The average molecular weight is 417 g/mol. The molecule has 28 heavy (non-hydrogen) atoms. The first-order valence-corrected chi connectivity index (χ1v) is 11.5. The quantitative estimate of drug-likeness (QED) is 0.742. The maximum absolute atomic E-state index is 12.9. The van der Waals surface area contributed by atoms with E-state index in [4.69, 9.17) is 0 Å². The Bertz CT molecular complexity index is 994. The minimum absolute atomic E-state index is 0.291. The van der Waals surface area contributed by atoms with Gasteiger partial charge in [-0.1, -0.05) is 13.8 Å². The fourth-order valence-electron chi connectivity index (χ4n) is 3.45. The Kier molecular flexibility index (Phi) is 6.18. The number of aromatic nitrogens is 1. The summed E-state index contributed by atoms with van der Waals surface area (Å²) in [6.07, 6.45) is 2.65. The number of nitriles is 1. The molecule has 0 amide bonds. The molecule has 0 bridgehead atoms. The highest BCUT2D eigenvalue weighted by Gasteiger charge is 2.31. The molecule has 1 aromatic carbocycles. The zero-order valence-electron chi connectivity index (χ0n) is 16.2.